The molecule has 116 valence electrons. The van der Waals surface area contributed by atoms with Gasteiger partial charge in [0.2, 0.25) is 0 Å². The molecule has 0 radical (unpaired) electrons. The zero-order valence-corrected chi connectivity index (χ0v) is 12.9. The quantitative estimate of drug-likeness (QED) is 0.477. The van der Waals surface area contributed by atoms with Gasteiger partial charge in [-0.3, -0.25) is 9.59 Å². The van der Waals surface area contributed by atoms with Crippen LogP contribution in [0.15, 0.2) is 46.3 Å². The number of H-pyrrole nitrogens is 1. The van der Waals surface area contributed by atoms with Crippen molar-refractivity contribution in [3.05, 3.63) is 52.4 Å². The highest BCUT2D eigenvalue weighted by atomic mass is 32.2. The molecule has 0 bridgehead atoms. The maximum Gasteiger partial charge on any atom is 0.316 e. The van der Waals surface area contributed by atoms with Crippen LogP contribution >= 0.6 is 11.8 Å². The second kappa shape index (κ2) is 8.23. The van der Waals surface area contributed by atoms with Gasteiger partial charge in [-0.05, 0) is 19.1 Å². The number of carbonyl (C=O) groups excluding carboxylic acids is 1. The number of esters is 1. The van der Waals surface area contributed by atoms with Crippen LogP contribution in [0.1, 0.15) is 12.6 Å². The Kier molecular flexibility index (Phi) is 6.02. The number of nitrogens with zero attached hydrogens (tertiary/aromatic N) is 1. The van der Waals surface area contributed by atoms with Gasteiger partial charge in [0.1, 0.15) is 12.4 Å². The highest BCUT2D eigenvalue weighted by Gasteiger charge is 2.07. The third kappa shape index (κ3) is 5.25. The van der Waals surface area contributed by atoms with Crippen LogP contribution in [0.4, 0.5) is 0 Å². The van der Waals surface area contributed by atoms with Gasteiger partial charge in [0.05, 0.1) is 18.1 Å². The van der Waals surface area contributed by atoms with Crippen molar-refractivity contribution in [3.63, 3.8) is 0 Å². The predicted octanol–water partition coefficient (Wildman–Crippen LogP) is 2.00. The van der Waals surface area contributed by atoms with Crippen molar-refractivity contribution in [2.45, 2.75) is 18.7 Å². The molecule has 0 spiro atoms. The van der Waals surface area contributed by atoms with E-state index in [9.17, 15) is 9.59 Å². The lowest BCUT2D eigenvalue weighted by atomic mass is 10.3. The van der Waals surface area contributed by atoms with Crippen LogP contribution in [0.3, 0.4) is 0 Å². The van der Waals surface area contributed by atoms with Gasteiger partial charge in [-0.25, -0.2) is 4.98 Å². The molecule has 0 aliphatic rings. The summed E-state index contributed by atoms with van der Waals surface area (Å²) < 4.78 is 10.4. The van der Waals surface area contributed by atoms with Crippen LogP contribution in [0.5, 0.6) is 5.75 Å². The summed E-state index contributed by atoms with van der Waals surface area (Å²) in [4.78, 5) is 29.8. The number of carbonyl (C=O) groups is 1. The second-order valence-electron chi connectivity index (χ2n) is 4.24. The summed E-state index contributed by atoms with van der Waals surface area (Å²) in [6, 6.07) is 10.6. The van der Waals surface area contributed by atoms with E-state index >= 15 is 0 Å². The zero-order valence-electron chi connectivity index (χ0n) is 12.1. The van der Waals surface area contributed by atoms with Gasteiger partial charge in [-0.1, -0.05) is 30.0 Å². The SMILES string of the molecule is CCOC(=O)CSc1nc(COc2ccccc2)cc(=O)[nH]1. The van der Waals surface area contributed by atoms with Crippen LogP contribution in [-0.4, -0.2) is 28.3 Å². The predicted molar refractivity (Wildman–Crippen MR) is 83.0 cm³/mol. The van der Waals surface area contributed by atoms with Crippen LogP contribution < -0.4 is 10.3 Å². The van der Waals surface area contributed by atoms with Crippen molar-refractivity contribution in [1.29, 1.82) is 0 Å². The van der Waals surface area contributed by atoms with E-state index in [0.29, 0.717) is 23.2 Å². The Hall–Kier alpha value is -2.28. The lowest BCUT2D eigenvalue weighted by Crippen LogP contribution is -2.13. The Morgan fingerprint density at radius 2 is 2.09 bits per heavy atom. The number of thioether (sulfide) groups is 1. The van der Waals surface area contributed by atoms with E-state index in [1.807, 2.05) is 30.3 Å². The van der Waals surface area contributed by atoms with E-state index in [-0.39, 0.29) is 23.9 Å². The van der Waals surface area contributed by atoms with Gasteiger partial charge < -0.3 is 14.5 Å². The third-order valence-corrected chi connectivity index (χ3v) is 3.38. The fraction of sp³-hybridized carbons (Fsp3) is 0.267. The van der Waals surface area contributed by atoms with Gasteiger partial charge in [0, 0.05) is 6.07 Å². The highest BCUT2D eigenvalue weighted by Crippen LogP contribution is 2.13. The first-order valence-corrected chi connectivity index (χ1v) is 7.72. The number of rotatable bonds is 7. The molecule has 1 N–H and O–H groups in total. The minimum atomic E-state index is -0.346. The Labute approximate surface area is 131 Å². The molecule has 22 heavy (non-hydrogen) atoms. The second-order valence-corrected chi connectivity index (χ2v) is 5.20. The number of ether oxygens (including phenoxy) is 2. The number of para-hydroxylation sites is 1. The molecule has 0 saturated heterocycles. The first-order chi connectivity index (χ1) is 10.7. The molecule has 7 heteroatoms. The molecule has 1 aromatic heterocycles. The maximum absolute atomic E-state index is 11.6. The molecule has 0 atom stereocenters. The summed E-state index contributed by atoms with van der Waals surface area (Å²) in [5.41, 5.74) is 0.215. The zero-order chi connectivity index (χ0) is 15.8. The lowest BCUT2D eigenvalue weighted by molar-refractivity contribution is -0.139. The Bertz CT molecular complexity index is 673. The first-order valence-electron chi connectivity index (χ1n) is 6.74. The molecule has 2 aromatic rings. The van der Waals surface area contributed by atoms with E-state index in [1.165, 1.54) is 6.07 Å². The number of aromatic amines is 1. The van der Waals surface area contributed by atoms with Gasteiger partial charge in [-0.15, -0.1) is 0 Å². The van der Waals surface area contributed by atoms with Crippen molar-refractivity contribution in [3.8, 4) is 5.75 Å². The lowest BCUT2D eigenvalue weighted by Gasteiger charge is -2.06. The van der Waals surface area contributed by atoms with Crippen molar-refractivity contribution < 1.29 is 14.3 Å². The van der Waals surface area contributed by atoms with E-state index in [2.05, 4.69) is 9.97 Å². The summed E-state index contributed by atoms with van der Waals surface area (Å²) in [7, 11) is 0. The summed E-state index contributed by atoms with van der Waals surface area (Å²) in [6.45, 7) is 2.25. The molecule has 0 aliphatic heterocycles. The average Bonchev–Trinajstić information content (AvgIpc) is 2.52. The standard InChI is InChI=1S/C15H16N2O4S/c1-2-20-14(19)10-22-15-16-11(8-13(18)17-15)9-21-12-6-4-3-5-7-12/h3-8H,2,9-10H2,1H3,(H,16,17,18). The fourth-order valence-corrected chi connectivity index (χ4v) is 2.32. The summed E-state index contributed by atoms with van der Waals surface area (Å²) in [6.07, 6.45) is 0. The summed E-state index contributed by atoms with van der Waals surface area (Å²) >= 11 is 1.12. The van der Waals surface area contributed by atoms with Crippen molar-refractivity contribution in [1.82, 2.24) is 9.97 Å². The van der Waals surface area contributed by atoms with E-state index in [1.54, 1.807) is 6.92 Å². The number of hydrogen-bond acceptors (Lipinski definition) is 6. The maximum atomic E-state index is 11.6. The largest absolute Gasteiger partial charge is 0.487 e. The van der Waals surface area contributed by atoms with E-state index < -0.39 is 0 Å². The van der Waals surface area contributed by atoms with Crippen molar-refractivity contribution >= 4 is 17.7 Å². The minimum Gasteiger partial charge on any atom is -0.487 e. The summed E-state index contributed by atoms with van der Waals surface area (Å²) in [5.74, 6) is 0.450. The molecule has 0 amide bonds. The molecule has 2 rings (SSSR count). The van der Waals surface area contributed by atoms with Gasteiger partial charge in [0.15, 0.2) is 5.16 Å². The van der Waals surface area contributed by atoms with E-state index in [4.69, 9.17) is 9.47 Å². The van der Waals surface area contributed by atoms with Crippen molar-refractivity contribution in [2.75, 3.05) is 12.4 Å². The fourth-order valence-electron chi connectivity index (χ4n) is 1.63. The van der Waals surface area contributed by atoms with Crippen LogP contribution in [-0.2, 0) is 16.1 Å². The molecule has 0 saturated carbocycles. The normalized spacial score (nSPS) is 10.2. The molecule has 1 aromatic carbocycles. The van der Waals surface area contributed by atoms with E-state index in [0.717, 1.165) is 11.8 Å². The van der Waals surface area contributed by atoms with Crippen LogP contribution in [0.25, 0.3) is 0 Å². The Morgan fingerprint density at radius 1 is 1.32 bits per heavy atom. The number of hydrogen-bond donors (Lipinski definition) is 1. The highest BCUT2D eigenvalue weighted by molar-refractivity contribution is 7.99. The Morgan fingerprint density at radius 3 is 2.82 bits per heavy atom. The molecule has 1 heterocycles. The van der Waals surface area contributed by atoms with Crippen molar-refractivity contribution in [2.24, 2.45) is 0 Å². The monoisotopic (exact) mass is 320 g/mol. The summed E-state index contributed by atoms with van der Waals surface area (Å²) in [5, 5.41) is 0.368. The molecule has 0 aliphatic carbocycles. The average molecular weight is 320 g/mol. The topological polar surface area (TPSA) is 81.3 Å². The number of aromatic nitrogens is 2. The molecule has 0 unspecified atom stereocenters. The molecule has 0 fully saturated rings. The molecular formula is C15H16N2O4S. The van der Waals surface area contributed by atoms with Crippen LogP contribution in [0, 0.1) is 0 Å². The smallest absolute Gasteiger partial charge is 0.316 e. The molecular weight excluding hydrogens is 304 g/mol. The first kappa shape index (κ1) is 16.1. The Balaban J connectivity index is 1.97. The van der Waals surface area contributed by atoms with Gasteiger partial charge in [-0.2, -0.15) is 0 Å². The molecule has 6 nitrogen and oxygen atoms in total. The minimum absolute atomic E-state index is 0.0970. The number of nitrogens with one attached hydrogen (secondary N) is 1. The van der Waals surface area contributed by atoms with Gasteiger partial charge >= 0.3 is 5.97 Å². The third-order valence-electron chi connectivity index (χ3n) is 2.53. The van der Waals surface area contributed by atoms with Gasteiger partial charge in [0.25, 0.3) is 5.56 Å². The van der Waals surface area contributed by atoms with Crippen LogP contribution in [0.2, 0.25) is 0 Å². The number of benzene rings is 1.